The van der Waals surface area contributed by atoms with Gasteiger partial charge in [0.15, 0.2) is 0 Å². The van der Waals surface area contributed by atoms with Crippen LogP contribution in [0.3, 0.4) is 0 Å². The lowest BCUT2D eigenvalue weighted by Crippen LogP contribution is -2.68. The van der Waals surface area contributed by atoms with Gasteiger partial charge in [0.25, 0.3) is 0 Å². The summed E-state index contributed by atoms with van der Waals surface area (Å²) in [4.78, 5) is 0. The Labute approximate surface area is 197 Å². The Balaban J connectivity index is 1.57. The first-order chi connectivity index (χ1) is 14.9. The van der Waals surface area contributed by atoms with Crippen LogP contribution in [0.4, 0.5) is 0 Å². The molecule has 10 atom stereocenters. The lowest BCUT2D eigenvalue weighted by molar-refractivity contribution is -0.260. The molecule has 0 bridgehead atoms. The van der Waals surface area contributed by atoms with E-state index in [-0.39, 0.29) is 27.8 Å². The molecular formula is C30H50O2. The molecule has 182 valence electrons. The van der Waals surface area contributed by atoms with Gasteiger partial charge in [0, 0.05) is 12.0 Å². The van der Waals surface area contributed by atoms with Crippen LogP contribution in [-0.4, -0.2) is 22.9 Å². The molecule has 0 aromatic heterocycles. The Morgan fingerprint density at radius 1 is 0.844 bits per heavy atom. The molecule has 0 radical (unpaired) electrons. The van der Waals surface area contributed by atoms with E-state index in [2.05, 4.69) is 48.1 Å². The van der Waals surface area contributed by atoms with Crippen LogP contribution in [0.15, 0.2) is 12.2 Å². The Hall–Kier alpha value is -0.340. The van der Waals surface area contributed by atoms with Crippen molar-refractivity contribution in [2.75, 3.05) is 6.61 Å². The van der Waals surface area contributed by atoms with Gasteiger partial charge in [-0.1, -0.05) is 46.8 Å². The highest BCUT2D eigenvalue weighted by Gasteiger charge is 2.71. The zero-order chi connectivity index (χ0) is 23.3. The van der Waals surface area contributed by atoms with E-state index in [1.54, 1.807) is 0 Å². The first kappa shape index (κ1) is 23.4. The molecule has 0 aliphatic heterocycles. The van der Waals surface area contributed by atoms with E-state index in [1.807, 2.05) is 0 Å². The molecule has 2 N–H and O–H groups in total. The third-order valence-corrected chi connectivity index (χ3v) is 13.4. The summed E-state index contributed by atoms with van der Waals surface area (Å²) in [5.41, 5.74) is 2.38. The average Bonchev–Trinajstić information content (AvgIpc) is 3.08. The van der Waals surface area contributed by atoms with Crippen molar-refractivity contribution in [2.45, 2.75) is 112 Å². The predicted octanol–water partition coefficient (Wildman–Crippen LogP) is 7.00. The highest BCUT2D eigenvalue weighted by Crippen LogP contribution is 2.77. The van der Waals surface area contributed by atoms with E-state index >= 15 is 0 Å². The highest BCUT2D eigenvalue weighted by molar-refractivity contribution is 5.21. The second-order valence-electron chi connectivity index (χ2n) is 14.6. The number of hydrogen-bond donors (Lipinski definition) is 2. The standard InChI is InChI=1S/C30H50O2/c1-19(2)20-10-13-27(5)16-17-30(18-31)21(25(20)27)8-9-23-28(6)14-12-24(32)26(3,4)22(28)11-15-29(23,30)7/h20-25,31-32H,1,8-18H2,2-7H3/t20-,21+,22-,23+,24-,25+,27+,28-,29+,30-/m0/s1. The lowest BCUT2D eigenvalue weighted by Gasteiger charge is -2.73. The van der Waals surface area contributed by atoms with Crippen molar-refractivity contribution < 1.29 is 10.2 Å². The maximum atomic E-state index is 11.3. The van der Waals surface area contributed by atoms with Gasteiger partial charge in [0.05, 0.1) is 6.10 Å². The molecule has 5 aliphatic carbocycles. The summed E-state index contributed by atoms with van der Waals surface area (Å²) in [6.07, 6.45) is 12.1. The maximum absolute atomic E-state index is 11.3. The molecule has 0 aromatic carbocycles. The minimum Gasteiger partial charge on any atom is -0.396 e. The number of aliphatic hydroxyl groups is 2. The number of rotatable bonds is 2. The van der Waals surface area contributed by atoms with Gasteiger partial charge in [0.1, 0.15) is 0 Å². The van der Waals surface area contributed by atoms with Crippen LogP contribution in [0, 0.1) is 56.7 Å². The van der Waals surface area contributed by atoms with Crippen LogP contribution in [0.2, 0.25) is 0 Å². The molecule has 0 amide bonds. The Morgan fingerprint density at radius 2 is 1.56 bits per heavy atom. The number of hydrogen-bond acceptors (Lipinski definition) is 2. The molecule has 5 fully saturated rings. The van der Waals surface area contributed by atoms with Crippen molar-refractivity contribution >= 4 is 0 Å². The van der Waals surface area contributed by atoms with Crippen molar-refractivity contribution in [3.8, 4) is 0 Å². The molecule has 32 heavy (non-hydrogen) atoms. The van der Waals surface area contributed by atoms with E-state index in [0.717, 1.165) is 12.8 Å². The molecule has 0 aromatic rings. The molecule has 0 saturated heterocycles. The quantitative estimate of drug-likeness (QED) is 0.452. The maximum Gasteiger partial charge on any atom is 0.0594 e. The van der Waals surface area contributed by atoms with Gasteiger partial charge in [-0.25, -0.2) is 0 Å². The molecule has 0 unspecified atom stereocenters. The fraction of sp³-hybridized carbons (Fsp3) is 0.933. The second-order valence-corrected chi connectivity index (χ2v) is 14.6. The summed E-state index contributed by atoms with van der Waals surface area (Å²) in [5.74, 6) is 3.24. The number of aliphatic hydroxyl groups excluding tert-OH is 2. The fourth-order valence-electron chi connectivity index (χ4n) is 11.6. The zero-order valence-electron chi connectivity index (χ0n) is 21.8. The van der Waals surface area contributed by atoms with Crippen molar-refractivity contribution in [1.29, 1.82) is 0 Å². The van der Waals surface area contributed by atoms with E-state index < -0.39 is 0 Å². The average molecular weight is 443 g/mol. The van der Waals surface area contributed by atoms with Crippen LogP contribution < -0.4 is 0 Å². The van der Waals surface area contributed by atoms with Gasteiger partial charge in [-0.3, -0.25) is 0 Å². The minimum atomic E-state index is -0.168. The number of allylic oxidation sites excluding steroid dienone is 1. The van der Waals surface area contributed by atoms with Crippen molar-refractivity contribution in [3.63, 3.8) is 0 Å². The summed E-state index contributed by atoms with van der Waals surface area (Å²) >= 11 is 0. The van der Waals surface area contributed by atoms with Crippen molar-refractivity contribution in [2.24, 2.45) is 56.7 Å². The SMILES string of the molecule is C=C(C)[C@@H]1CC[C@]2(C)CC[C@]3(CO)[C@H](CC[C@@H]4[C@@]5(C)CC[C@H](O)C(C)(C)[C@@H]5CC[C@]43C)[C@@H]12. The third-order valence-electron chi connectivity index (χ3n) is 13.4. The van der Waals surface area contributed by atoms with Crippen LogP contribution >= 0.6 is 0 Å². The summed E-state index contributed by atoms with van der Waals surface area (Å²) in [6, 6.07) is 0. The summed E-state index contributed by atoms with van der Waals surface area (Å²) < 4.78 is 0. The zero-order valence-corrected chi connectivity index (χ0v) is 21.8. The second kappa shape index (κ2) is 7.09. The summed E-state index contributed by atoms with van der Waals surface area (Å²) in [5, 5.41) is 22.2. The normalized spacial score (nSPS) is 56.5. The van der Waals surface area contributed by atoms with E-state index in [0.29, 0.717) is 41.6 Å². The molecule has 5 aliphatic rings. The fourth-order valence-corrected chi connectivity index (χ4v) is 11.6. The van der Waals surface area contributed by atoms with Crippen molar-refractivity contribution in [1.82, 2.24) is 0 Å². The van der Waals surface area contributed by atoms with Crippen LogP contribution in [0.1, 0.15) is 106 Å². The molecule has 5 rings (SSSR count). The minimum absolute atomic E-state index is 0.000800. The van der Waals surface area contributed by atoms with Crippen LogP contribution in [-0.2, 0) is 0 Å². The molecular weight excluding hydrogens is 392 g/mol. The van der Waals surface area contributed by atoms with Crippen molar-refractivity contribution in [3.05, 3.63) is 12.2 Å². The van der Waals surface area contributed by atoms with Gasteiger partial charge < -0.3 is 10.2 Å². The third kappa shape index (κ3) is 2.66. The Bertz CT molecular complexity index is 786. The summed E-state index contributed by atoms with van der Waals surface area (Å²) in [6.45, 7) is 19.5. The molecule has 2 nitrogen and oxygen atoms in total. The first-order valence-corrected chi connectivity index (χ1v) is 13.8. The van der Waals surface area contributed by atoms with E-state index in [4.69, 9.17) is 0 Å². The largest absolute Gasteiger partial charge is 0.396 e. The molecule has 2 heteroatoms. The van der Waals surface area contributed by atoms with Crippen LogP contribution in [0.5, 0.6) is 0 Å². The Morgan fingerprint density at radius 3 is 2.22 bits per heavy atom. The predicted molar refractivity (Wildman–Crippen MR) is 132 cm³/mol. The smallest absolute Gasteiger partial charge is 0.0594 e. The molecule has 5 saturated carbocycles. The topological polar surface area (TPSA) is 40.5 Å². The summed E-state index contributed by atoms with van der Waals surface area (Å²) in [7, 11) is 0. The van der Waals surface area contributed by atoms with Gasteiger partial charge in [-0.05, 0) is 122 Å². The molecule has 0 heterocycles. The van der Waals surface area contributed by atoms with E-state index in [1.165, 1.54) is 56.9 Å². The van der Waals surface area contributed by atoms with Gasteiger partial charge >= 0.3 is 0 Å². The Kier molecular flexibility index (Phi) is 5.19. The van der Waals surface area contributed by atoms with Gasteiger partial charge in [-0.15, -0.1) is 0 Å². The monoisotopic (exact) mass is 442 g/mol. The van der Waals surface area contributed by atoms with Gasteiger partial charge in [0.2, 0.25) is 0 Å². The first-order valence-electron chi connectivity index (χ1n) is 13.8. The molecule has 0 spiro atoms. The number of fused-ring (bicyclic) bond motifs is 7. The van der Waals surface area contributed by atoms with Crippen LogP contribution in [0.25, 0.3) is 0 Å². The van der Waals surface area contributed by atoms with Gasteiger partial charge in [-0.2, -0.15) is 0 Å². The van der Waals surface area contributed by atoms with E-state index in [9.17, 15) is 10.2 Å². The lowest BCUT2D eigenvalue weighted by atomic mass is 9.32. The highest BCUT2D eigenvalue weighted by atomic mass is 16.3.